The zero-order valence-electron chi connectivity index (χ0n) is 20.7. The topological polar surface area (TPSA) is 74.6 Å². The highest BCUT2D eigenvalue weighted by molar-refractivity contribution is 6.05. The molecule has 6 nitrogen and oxygen atoms in total. The highest BCUT2D eigenvalue weighted by atomic mass is 19.4. The van der Waals surface area contributed by atoms with Crippen LogP contribution in [0.25, 0.3) is 0 Å². The number of halogens is 5. The van der Waals surface area contributed by atoms with Gasteiger partial charge in [0.2, 0.25) is 5.96 Å². The molecular formula is C25H29F5N6. The van der Waals surface area contributed by atoms with Crippen molar-refractivity contribution >= 4 is 17.4 Å². The number of aliphatic imine (C=N–C) groups is 2. The van der Waals surface area contributed by atoms with Crippen LogP contribution in [0.3, 0.4) is 0 Å². The highest BCUT2D eigenvalue weighted by Crippen LogP contribution is 2.33. The van der Waals surface area contributed by atoms with Crippen LogP contribution in [0.15, 0.2) is 57.9 Å². The Morgan fingerprint density at radius 2 is 1.81 bits per heavy atom. The number of nitrogens with zero attached hydrogens (tertiary/aromatic N) is 4. The van der Waals surface area contributed by atoms with E-state index >= 15 is 0 Å². The fraction of sp³-hybridized carbons (Fsp3) is 0.440. The van der Waals surface area contributed by atoms with E-state index in [0.717, 1.165) is 25.0 Å². The minimum Gasteiger partial charge on any atom is -0.342 e. The smallest absolute Gasteiger partial charge is 0.342 e. The number of hydrogen-bond donors (Lipinski definition) is 2. The highest BCUT2D eigenvalue weighted by Gasteiger charge is 2.34. The first-order valence-electron chi connectivity index (χ1n) is 11.5. The standard InChI is InChI=1S/C25H29F5N6/c1-6-14(2)22(33-17-10-11-31-21(13-17)24(5,26)27)36-23(35-19-12-15(19)3)32-16(4)18-8-7-9-20(34-18)25(28,29)30/h7-11,13,15,19H,6,12H2,1-5H3,(H,31,33)(H,35,36)/b22-14+,32-16?. The lowest BCUT2D eigenvalue weighted by Crippen LogP contribution is -2.28. The lowest BCUT2D eigenvalue weighted by molar-refractivity contribution is -0.141. The minimum atomic E-state index is -4.58. The van der Waals surface area contributed by atoms with Gasteiger partial charge >= 0.3 is 6.18 Å². The number of guanidine groups is 1. The second-order valence-electron chi connectivity index (χ2n) is 8.91. The van der Waals surface area contributed by atoms with Gasteiger partial charge in [0.1, 0.15) is 17.2 Å². The van der Waals surface area contributed by atoms with Crippen LogP contribution in [0.5, 0.6) is 0 Å². The van der Waals surface area contributed by atoms with Crippen molar-refractivity contribution in [3.05, 3.63) is 65.0 Å². The Labute approximate surface area is 206 Å². The summed E-state index contributed by atoms with van der Waals surface area (Å²) in [7, 11) is 0. The van der Waals surface area contributed by atoms with Crippen LogP contribution in [0.1, 0.15) is 64.5 Å². The molecule has 0 aliphatic heterocycles. The van der Waals surface area contributed by atoms with E-state index in [2.05, 4.69) is 30.6 Å². The Bertz CT molecular complexity index is 1180. The molecule has 194 valence electrons. The maximum atomic E-state index is 13.8. The minimum absolute atomic E-state index is 0.0213. The van der Waals surface area contributed by atoms with E-state index in [9.17, 15) is 22.0 Å². The Balaban J connectivity index is 1.94. The monoisotopic (exact) mass is 508 g/mol. The fourth-order valence-corrected chi connectivity index (χ4v) is 3.16. The van der Waals surface area contributed by atoms with Crippen LogP contribution in [-0.4, -0.2) is 27.7 Å². The maximum Gasteiger partial charge on any atom is 0.433 e. The maximum absolute atomic E-state index is 13.8. The summed E-state index contributed by atoms with van der Waals surface area (Å²) < 4.78 is 66.9. The van der Waals surface area contributed by atoms with E-state index in [0.29, 0.717) is 23.8 Å². The Kier molecular flexibility index (Phi) is 8.10. The van der Waals surface area contributed by atoms with Crippen LogP contribution in [0, 0.1) is 5.92 Å². The first-order valence-corrected chi connectivity index (χ1v) is 11.5. The average molecular weight is 509 g/mol. The quantitative estimate of drug-likeness (QED) is 0.254. The molecule has 1 aliphatic rings. The zero-order chi connectivity index (χ0) is 26.7. The molecule has 0 radical (unpaired) electrons. The van der Waals surface area contributed by atoms with E-state index in [-0.39, 0.29) is 29.1 Å². The summed E-state index contributed by atoms with van der Waals surface area (Å²) in [5.41, 5.74) is 0.159. The van der Waals surface area contributed by atoms with Crippen molar-refractivity contribution in [1.29, 1.82) is 0 Å². The molecule has 2 heterocycles. The van der Waals surface area contributed by atoms with E-state index in [1.807, 2.05) is 20.8 Å². The molecule has 0 spiro atoms. The summed E-state index contributed by atoms with van der Waals surface area (Å²) in [6.45, 7) is 8.14. The van der Waals surface area contributed by atoms with E-state index < -0.39 is 17.8 Å². The van der Waals surface area contributed by atoms with Gasteiger partial charge in [0.05, 0.1) is 17.4 Å². The van der Waals surface area contributed by atoms with Gasteiger partial charge in [-0.15, -0.1) is 0 Å². The third-order valence-corrected chi connectivity index (χ3v) is 5.71. The van der Waals surface area contributed by atoms with Gasteiger partial charge in [-0.2, -0.15) is 22.0 Å². The Morgan fingerprint density at radius 1 is 1.11 bits per heavy atom. The van der Waals surface area contributed by atoms with E-state index in [1.165, 1.54) is 24.4 Å². The van der Waals surface area contributed by atoms with Gasteiger partial charge in [-0.25, -0.2) is 15.0 Å². The van der Waals surface area contributed by atoms with Crippen molar-refractivity contribution in [3.63, 3.8) is 0 Å². The Morgan fingerprint density at radius 3 is 2.39 bits per heavy atom. The SMILES string of the molecule is CC/C(C)=C(/NC(=NC1CC1C)N=C(C)c1cccc(C(F)(F)F)n1)Nc1ccnc(C(C)(F)F)c1. The van der Waals surface area contributed by atoms with Crippen LogP contribution in [0.2, 0.25) is 0 Å². The van der Waals surface area contributed by atoms with Crippen LogP contribution in [-0.2, 0) is 12.1 Å². The summed E-state index contributed by atoms with van der Waals surface area (Å²) in [6.07, 6.45) is -1.80. The molecule has 1 aliphatic carbocycles. The van der Waals surface area contributed by atoms with Crippen molar-refractivity contribution in [2.24, 2.45) is 15.9 Å². The summed E-state index contributed by atoms with van der Waals surface area (Å²) in [6, 6.07) is 6.45. The molecule has 2 unspecified atom stereocenters. The number of anilines is 1. The van der Waals surface area contributed by atoms with Gasteiger partial charge in [0, 0.05) is 18.8 Å². The molecule has 2 atom stereocenters. The van der Waals surface area contributed by atoms with Crippen LogP contribution >= 0.6 is 0 Å². The summed E-state index contributed by atoms with van der Waals surface area (Å²) in [5, 5.41) is 6.22. The number of alkyl halides is 5. The summed E-state index contributed by atoms with van der Waals surface area (Å²) in [4.78, 5) is 16.5. The van der Waals surface area contributed by atoms with Gasteiger partial charge in [0.25, 0.3) is 5.92 Å². The van der Waals surface area contributed by atoms with Crippen molar-refractivity contribution in [1.82, 2.24) is 15.3 Å². The van der Waals surface area contributed by atoms with Gasteiger partial charge in [-0.05, 0) is 62.4 Å². The molecule has 3 rings (SSSR count). The fourth-order valence-electron chi connectivity index (χ4n) is 3.16. The van der Waals surface area contributed by atoms with Gasteiger partial charge in [0.15, 0.2) is 0 Å². The second-order valence-corrected chi connectivity index (χ2v) is 8.91. The molecule has 2 aromatic rings. The first kappa shape index (κ1) is 27.2. The van der Waals surface area contributed by atoms with Gasteiger partial charge < -0.3 is 10.6 Å². The molecule has 1 saturated carbocycles. The third-order valence-electron chi connectivity index (χ3n) is 5.71. The summed E-state index contributed by atoms with van der Waals surface area (Å²) in [5.74, 6) is -2.09. The Hall–Kier alpha value is -3.37. The van der Waals surface area contributed by atoms with Gasteiger partial charge in [-0.3, -0.25) is 4.98 Å². The molecule has 0 bridgehead atoms. The number of pyridine rings is 2. The zero-order valence-corrected chi connectivity index (χ0v) is 20.7. The lowest BCUT2D eigenvalue weighted by atomic mass is 10.2. The van der Waals surface area contributed by atoms with E-state index in [4.69, 9.17) is 0 Å². The lowest BCUT2D eigenvalue weighted by Gasteiger charge is -2.18. The molecule has 0 saturated heterocycles. The number of hydrogen-bond acceptors (Lipinski definition) is 4. The molecule has 11 heteroatoms. The number of nitrogens with one attached hydrogen (secondary N) is 2. The molecule has 2 aromatic heterocycles. The molecule has 0 aromatic carbocycles. The van der Waals surface area contributed by atoms with E-state index in [1.54, 1.807) is 13.0 Å². The molecular weight excluding hydrogens is 479 g/mol. The largest absolute Gasteiger partial charge is 0.433 e. The van der Waals surface area contributed by atoms with Crippen molar-refractivity contribution in [2.75, 3.05) is 5.32 Å². The van der Waals surface area contributed by atoms with Crippen molar-refractivity contribution < 1.29 is 22.0 Å². The third kappa shape index (κ3) is 7.32. The molecule has 2 N–H and O–H groups in total. The second kappa shape index (κ2) is 10.7. The predicted octanol–water partition coefficient (Wildman–Crippen LogP) is 6.52. The van der Waals surface area contributed by atoms with Crippen LogP contribution < -0.4 is 10.6 Å². The molecule has 36 heavy (non-hydrogen) atoms. The number of allylic oxidation sites excluding steroid dienone is 1. The molecule has 1 fully saturated rings. The number of aromatic nitrogens is 2. The van der Waals surface area contributed by atoms with Gasteiger partial charge in [-0.1, -0.05) is 19.9 Å². The normalized spacial score (nSPS) is 19.6. The summed E-state index contributed by atoms with van der Waals surface area (Å²) >= 11 is 0. The average Bonchev–Trinajstić information content (AvgIpc) is 3.51. The predicted molar refractivity (Wildman–Crippen MR) is 130 cm³/mol. The first-order chi connectivity index (χ1) is 16.8. The number of rotatable bonds is 7. The van der Waals surface area contributed by atoms with Crippen LogP contribution in [0.4, 0.5) is 27.6 Å². The molecule has 0 amide bonds. The van der Waals surface area contributed by atoms with Crippen molar-refractivity contribution in [3.8, 4) is 0 Å². The van der Waals surface area contributed by atoms with Crippen molar-refractivity contribution in [2.45, 2.75) is 65.6 Å².